The molecule has 0 saturated carbocycles. The number of fused-ring (bicyclic) bond motifs is 1. The molecule has 0 amide bonds. The van der Waals surface area contributed by atoms with Crippen molar-refractivity contribution in [2.45, 2.75) is 6.54 Å². The monoisotopic (exact) mass is 282 g/mol. The Morgan fingerprint density at radius 3 is 2.57 bits per heavy atom. The number of aromatic nitrogens is 2. The molecule has 3 aromatic rings. The molecule has 0 aliphatic rings. The molecule has 2 N–H and O–H groups in total. The van der Waals surface area contributed by atoms with Crippen molar-refractivity contribution < 1.29 is 14.8 Å². The molecule has 0 atom stereocenters. The van der Waals surface area contributed by atoms with Crippen LogP contribution in [0.5, 0.6) is 5.75 Å². The molecule has 0 fully saturated rings. The predicted molar refractivity (Wildman–Crippen MR) is 81.7 cm³/mol. The van der Waals surface area contributed by atoms with Crippen LogP contribution < -0.4 is 10.2 Å². The van der Waals surface area contributed by atoms with Crippen LogP contribution in [0.4, 0.5) is 0 Å². The summed E-state index contributed by atoms with van der Waals surface area (Å²) in [5.41, 5.74) is 2.40. The predicted octanol–water partition coefficient (Wildman–Crippen LogP) is 0.773. The summed E-state index contributed by atoms with van der Waals surface area (Å²) in [4.78, 5) is 4.39. The second-order valence-electron chi connectivity index (χ2n) is 4.81. The van der Waals surface area contributed by atoms with E-state index in [0.717, 1.165) is 22.3 Å². The lowest BCUT2D eigenvalue weighted by atomic mass is 9.80. The highest BCUT2D eigenvalue weighted by atomic mass is 16.5. The minimum absolute atomic E-state index is 0.482. The maximum Gasteiger partial charge on any atom is 0.488 e. The molecule has 0 bridgehead atoms. The van der Waals surface area contributed by atoms with Crippen LogP contribution in [0.25, 0.3) is 11.0 Å². The van der Waals surface area contributed by atoms with Gasteiger partial charge in [-0.2, -0.15) is 0 Å². The first-order valence-electron chi connectivity index (χ1n) is 6.62. The normalized spacial score (nSPS) is 10.8. The third-order valence-electron chi connectivity index (χ3n) is 3.47. The Bertz CT molecular complexity index is 753. The van der Waals surface area contributed by atoms with E-state index in [-0.39, 0.29) is 0 Å². The smallest absolute Gasteiger partial charge is 0.488 e. The van der Waals surface area contributed by atoms with Crippen molar-refractivity contribution in [1.29, 1.82) is 0 Å². The van der Waals surface area contributed by atoms with E-state index in [9.17, 15) is 0 Å². The molecule has 3 rings (SSSR count). The van der Waals surface area contributed by atoms with E-state index >= 15 is 0 Å². The third-order valence-corrected chi connectivity index (χ3v) is 3.47. The largest absolute Gasteiger partial charge is 0.496 e. The van der Waals surface area contributed by atoms with E-state index in [4.69, 9.17) is 14.8 Å². The zero-order valence-electron chi connectivity index (χ0n) is 11.6. The number of methoxy groups -OCH3 is 1. The number of hydrogen-bond donors (Lipinski definition) is 2. The van der Waals surface area contributed by atoms with Crippen LogP contribution in [-0.4, -0.2) is 33.8 Å². The summed E-state index contributed by atoms with van der Waals surface area (Å²) in [5.74, 6) is 0.803. The fraction of sp³-hybridized carbons (Fsp3) is 0.133. The van der Waals surface area contributed by atoms with Gasteiger partial charge in [-0.15, -0.1) is 0 Å². The number of hydrogen-bond acceptors (Lipinski definition) is 4. The Balaban J connectivity index is 1.91. The van der Waals surface area contributed by atoms with Crippen LogP contribution in [0.1, 0.15) is 5.56 Å². The zero-order valence-corrected chi connectivity index (χ0v) is 11.6. The van der Waals surface area contributed by atoms with Crippen molar-refractivity contribution in [2.24, 2.45) is 0 Å². The van der Waals surface area contributed by atoms with Crippen molar-refractivity contribution in [3.05, 3.63) is 54.4 Å². The van der Waals surface area contributed by atoms with Crippen molar-refractivity contribution in [3.8, 4) is 5.75 Å². The Labute approximate surface area is 122 Å². The number of ether oxygens (including phenoxy) is 1. The maximum atomic E-state index is 9.10. The number of rotatable bonds is 4. The number of pyridine rings is 1. The average molecular weight is 282 g/mol. The first kappa shape index (κ1) is 13.7. The van der Waals surface area contributed by atoms with Gasteiger partial charge in [0.1, 0.15) is 11.4 Å². The lowest BCUT2D eigenvalue weighted by molar-refractivity contribution is 0.419. The van der Waals surface area contributed by atoms with Gasteiger partial charge in [-0.25, -0.2) is 4.98 Å². The third kappa shape index (κ3) is 2.63. The molecule has 0 aliphatic heterocycles. The van der Waals surface area contributed by atoms with Gasteiger partial charge in [0.2, 0.25) is 0 Å². The Hall–Kier alpha value is -2.31. The van der Waals surface area contributed by atoms with E-state index in [0.29, 0.717) is 12.0 Å². The van der Waals surface area contributed by atoms with Crippen LogP contribution in [0.15, 0.2) is 48.8 Å². The van der Waals surface area contributed by atoms with Gasteiger partial charge in [-0.3, -0.25) is 0 Å². The van der Waals surface area contributed by atoms with E-state index in [1.54, 1.807) is 25.4 Å². The molecule has 2 aromatic heterocycles. The summed E-state index contributed by atoms with van der Waals surface area (Å²) in [5, 5.41) is 19.2. The highest BCUT2D eigenvalue weighted by Crippen LogP contribution is 2.24. The van der Waals surface area contributed by atoms with Gasteiger partial charge in [0, 0.05) is 18.9 Å². The van der Waals surface area contributed by atoms with Crippen molar-refractivity contribution in [3.63, 3.8) is 0 Å². The van der Waals surface area contributed by atoms with Gasteiger partial charge < -0.3 is 19.4 Å². The van der Waals surface area contributed by atoms with Gasteiger partial charge in [0.25, 0.3) is 0 Å². The van der Waals surface area contributed by atoms with E-state index in [1.807, 2.05) is 35.0 Å². The second-order valence-corrected chi connectivity index (χ2v) is 4.81. The molecule has 0 unspecified atom stereocenters. The number of benzene rings is 1. The van der Waals surface area contributed by atoms with Crippen LogP contribution in [0.3, 0.4) is 0 Å². The summed E-state index contributed by atoms with van der Waals surface area (Å²) in [6.07, 6.45) is 3.69. The van der Waals surface area contributed by atoms with Crippen molar-refractivity contribution in [1.82, 2.24) is 9.55 Å². The maximum absolute atomic E-state index is 9.10. The van der Waals surface area contributed by atoms with Gasteiger partial charge >= 0.3 is 7.12 Å². The molecule has 0 saturated heterocycles. The van der Waals surface area contributed by atoms with E-state index < -0.39 is 7.12 Å². The Kier molecular flexibility index (Phi) is 3.64. The molecule has 0 aliphatic carbocycles. The Morgan fingerprint density at radius 2 is 1.90 bits per heavy atom. The molecular formula is C15H15BN2O3. The van der Waals surface area contributed by atoms with Gasteiger partial charge in [-0.05, 0) is 23.2 Å². The topological polar surface area (TPSA) is 67.5 Å². The fourth-order valence-corrected chi connectivity index (χ4v) is 2.36. The molecular weight excluding hydrogens is 267 g/mol. The molecule has 5 nitrogen and oxygen atoms in total. The number of nitrogens with zero attached hydrogens (tertiary/aromatic N) is 2. The SMILES string of the molecule is COc1ccnc2c1ccn2Cc1ccc(B(O)O)cc1. The van der Waals surface area contributed by atoms with Crippen LogP contribution in [0, 0.1) is 0 Å². The summed E-state index contributed by atoms with van der Waals surface area (Å²) in [6.45, 7) is 0.658. The molecule has 6 heteroatoms. The van der Waals surface area contributed by atoms with Crippen LogP contribution in [0.2, 0.25) is 0 Å². The lowest BCUT2D eigenvalue weighted by Gasteiger charge is -2.07. The van der Waals surface area contributed by atoms with Crippen molar-refractivity contribution in [2.75, 3.05) is 7.11 Å². The molecule has 21 heavy (non-hydrogen) atoms. The highest BCUT2D eigenvalue weighted by Gasteiger charge is 2.11. The molecule has 106 valence electrons. The Morgan fingerprint density at radius 1 is 1.14 bits per heavy atom. The quantitative estimate of drug-likeness (QED) is 0.694. The second kappa shape index (κ2) is 5.59. The summed E-state index contributed by atoms with van der Waals surface area (Å²) < 4.78 is 7.35. The summed E-state index contributed by atoms with van der Waals surface area (Å²) in [6, 6.07) is 11.0. The summed E-state index contributed by atoms with van der Waals surface area (Å²) >= 11 is 0. The fourth-order valence-electron chi connectivity index (χ4n) is 2.36. The molecule has 1 aromatic carbocycles. The van der Waals surface area contributed by atoms with Crippen molar-refractivity contribution >= 4 is 23.6 Å². The van der Waals surface area contributed by atoms with Gasteiger partial charge in [0.05, 0.1) is 12.5 Å². The van der Waals surface area contributed by atoms with Gasteiger partial charge in [-0.1, -0.05) is 24.3 Å². The van der Waals surface area contributed by atoms with Crippen LogP contribution >= 0.6 is 0 Å². The zero-order chi connectivity index (χ0) is 14.8. The van der Waals surface area contributed by atoms with Crippen LogP contribution in [-0.2, 0) is 6.54 Å². The first-order valence-corrected chi connectivity index (χ1v) is 6.62. The average Bonchev–Trinajstić information content (AvgIpc) is 2.91. The van der Waals surface area contributed by atoms with E-state index in [1.165, 1.54) is 0 Å². The minimum Gasteiger partial charge on any atom is -0.496 e. The van der Waals surface area contributed by atoms with Gasteiger partial charge in [0.15, 0.2) is 0 Å². The standard InChI is InChI=1S/C15H15BN2O3/c1-21-14-6-8-17-15-13(14)7-9-18(15)10-11-2-4-12(5-3-11)16(19)20/h2-9,19-20H,10H2,1H3. The minimum atomic E-state index is -1.43. The lowest BCUT2D eigenvalue weighted by Crippen LogP contribution is -2.29. The molecule has 0 spiro atoms. The molecule has 2 heterocycles. The summed E-state index contributed by atoms with van der Waals surface area (Å²) in [7, 11) is 0.211. The molecule has 0 radical (unpaired) electrons. The first-order chi connectivity index (χ1) is 10.2. The van der Waals surface area contributed by atoms with E-state index in [2.05, 4.69) is 4.98 Å². The highest BCUT2D eigenvalue weighted by molar-refractivity contribution is 6.58.